The highest BCUT2D eigenvalue weighted by atomic mass is 16.5. The minimum Gasteiger partial charge on any atom is -0.481 e. The predicted octanol–water partition coefficient (Wildman–Crippen LogP) is 1.96. The van der Waals surface area contributed by atoms with E-state index in [4.69, 9.17) is 4.74 Å². The number of fused-ring (bicyclic) bond motifs is 1. The molecular weight excluding hydrogens is 1030 g/mol. The molecule has 2 aliphatic rings. The number of piperidine rings is 1. The molecule has 2 rings (SSSR count). The van der Waals surface area contributed by atoms with Gasteiger partial charge in [0.05, 0.1) is 12.8 Å². The first-order chi connectivity index (χ1) is 36.6. The average Bonchev–Trinajstić information content (AvgIpc) is 3.36. The van der Waals surface area contributed by atoms with E-state index < -0.39 is 174 Å². The summed E-state index contributed by atoms with van der Waals surface area (Å²) in [5, 5.41) is 28.2. The molecule has 2 aliphatic heterocycles. The molecule has 0 bridgehead atoms. The van der Waals surface area contributed by atoms with E-state index in [2.05, 4.69) is 16.0 Å². The van der Waals surface area contributed by atoms with Crippen LogP contribution in [0.2, 0.25) is 0 Å². The monoisotopic (exact) mass is 1120 g/mol. The van der Waals surface area contributed by atoms with Crippen molar-refractivity contribution >= 4 is 71.1 Å². The number of nitrogens with zero attached hydrogens (tertiary/aromatic N) is 6. The van der Waals surface area contributed by atoms with Crippen LogP contribution in [0.4, 0.5) is 0 Å². The fraction of sp³-hybridized carbons (Fsp3) is 0.782. The summed E-state index contributed by atoms with van der Waals surface area (Å²) in [5.74, 6) is -14.9. The number of cyclic esters (lactones) is 1. The van der Waals surface area contributed by atoms with Gasteiger partial charge in [-0.05, 0) is 68.1 Å². The van der Waals surface area contributed by atoms with Crippen LogP contribution in [0.3, 0.4) is 0 Å². The molecule has 24 heteroatoms. The molecule has 0 saturated carbocycles. The number of aliphatic carboxylic acids is 2. The number of ether oxygens (including phenoxy) is 1. The second-order valence-electron chi connectivity index (χ2n) is 23.1. The molecule has 0 radical (unpaired) electrons. The fourth-order valence-electron chi connectivity index (χ4n) is 10.6. The highest BCUT2D eigenvalue weighted by molar-refractivity contribution is 6.00. The van der Waals surface area contributed by atoms with Crippen LogP contribution in [-0.2, 0) is 62.3 Å². The minimum absolute atomic E-state index is 0.0213. The predicted molar refractivity (Wildman–Crippen MR) is 291 cm³/mol. The Labute approximate surface area is 466 Å². The zero-order valence-electron chi connectivity index (χ0n) is 50.0. The lowest BCUT2D eigenvalue weighted by Crippen LogP contribution is -2.63. The van der Waals surface area contributed by atoms with Gasteiger partial charge in [0.15, 0.2) is 6.10 Å². The Kier molecular flexibility index (Phi) is 26.4. The van der Waals surface area contributed by atoms with E-state index >= 15 is 0 Å². The Morgan fingerprint density at radius 3 is 1.47 bits per heavy atom. The Hall–Kier alpha value is -6.36. The summed E-state index contributed by atoms with van der Waals surface area (Å²) in [6.45, 7) is 21.6. The van der Waals surface area contributed by atoms with Gasteiger partial charge >= 0.3 is 17.9 Å². The third kappa shape index (κ3) is 17.6. The maximum Gasteiger partial charge on any atom is 0.329 e. The summed E-state index contributed by atoms with van der Waals surface area (Å²) >= 11 is 0. The smallest absolute Gasteiger partial charge is 0.329 e. The molecule has 0 unspecified atom stereocenters. The molecule has 448 valence electrons. The quantitative estimate of drug-likeness (QED) is 0.165. The molecule has 2 saturated heterocycles. The third-order valence-electron chi connectivity index (χ3n) is 15.5. The summed E-state index contributed by atoms with van der Waals surface area (Å²) in [6.07, 6.45) is -1.55. The molecule has 0 aliphatic carbocycles. The van der Waals surface area contributed by atoms with Gasteiger partial charge in [0, 0.05) is 41.8 Å². The van der Waals surface area contributed by atoms with E-state index in [0.717, 1.165) is 19.6 Å². The molecule has 0 aromatic carbocycles. The van der Waals surface area contributed by atoms with Crippen molar-refractivity contribution in [2.24, 2.45) is 35.5 Å². The molecule has 0 spiro atoms. The molecule has 2 fully saturated rings. The number of esters is 1. The van der Waals surface area contributed by atoms with Crippen molar-refractivity contribution < 1.29 is 72.5 Å². The van der Waals surface area contributed by atoms with Crippen LogP contribution in [0, 0.1) is 35.5 Å². The first kappa shape index (κ1) is 68.7. The average molecular weight is 1120 g/mol. The zero-order valence-corrected chi connectivity index (χ0v) is 50.0. The Morgan fingerprint density at radius 1 is 0.532 bits per heavy atom. The van der Waals surface area contributed by atoms with Crippen LogP contribution in [0.15, 0.2) is 0 Å². The molecule has 0 aromatic heterocycles. The van der Waals surface area contributed by atoms with Crippen LogP contribution in [-0.4, -0.2) is 213 Å². The molecule has 12 atom stereocenters. The van der Waals surface area contributed by atoms with Crippen molar-refractivity contribution in [3.8, 4) is 0 Å². The first-order valence-corrected chi connectivity index (χ1v) is 27.8. The largest absolute Gasteiger partial charge is 0.481 e. The van der Waals surface area contributed by atoms with Gasteiger partial charge in [-0.25, -0.2) is 4.79 Å². The molecular formula is C55H93N9O15. The molecule has 9 amide bonds. The van der Waals surface area contributed by atoms with Crippen LogP contribution < -0.4 is 16.0 Å². The SMILES string of the molecule is CC[C@H](C)[C@H]1C(=O)N[C@@H](CC(=O)O)C(=O)N(C)[C@@H](C(C)C)C(=O)N[C@@H](CC(C)C)C(=O)O[C@@H](C)C(=O)N2CCCC[C@H]2C(=O)N(C)[C@@H](C(C)C)C(=O)N[C@@H](C(C)C)C(=O)N(C)[C@@H](CC(=O)O)C(=O)N(C)[C@@H]([C@@H](C)CC)C(=O)N1C. The number of carbonyl (C=O) groups excluding carboxylic acids is 10. The van der Waals surface area contributed by atoms with Crippen LogP contribution in [0.1, 0.15) is 141 Å². The Morgan fingerprint density at radius 2 is 0.987 bits per heavy atom. The number of carboxylic acid groups (broad SMARTS) is 2. The van der Waals surface area contributed by atoms with Crippen LogP contribution in [0.25, 0.3) is 0 Å². The zero-order chi connectivity index (χ0) is 60.8. The maximum atomic E-state index is 15.0. The normalized spacial score (nSPS) is 28.0. The number of carboxylic acids is 2. The highest BCUT2D eigenvalue weighted by Gasteiger charge is 2.46. The van der Waals surface area contributed by atoms with Gasteiger partial charge in [-0.1, -0.05) is 95.9 Å². The van der Waals surface area contributed by atoms with E-state index in [-0.39, 0.29) is 38.1 Å². The number of amides is 9. The standard InChI is InChI=1S/C55H93N9O15/c1-19-32(11)44-48(71)56-35(26-39(65)66)50(73)60(15)42(30(7)8)46(69)57-36(25-28(3)4)55(78)79-34(13)49(72)64-24-22-21-23-37(64)51(74)61(16)43(31(9)10)47(70)58-41(29(5)6)53(76)59(14)38(27-40(67)68)52(75)63(18)45(33(12)20-2)54(77)62(44)17/h28-38,41-45H,19-27H2,1-18H3,(H,56,71)(H,57,69)(H,58,70)(H,65,66)(H,67,68)/t32-,33-,34-,35-,36-,37-,38-,41-,42-,43-,44-,45-/m0/s1. The highest BCUT2D eigenvalue weighted by Crippen LogP contribution is 2.27. The number of hydrogen-bond acceptors (Lipinski definition) is 13. The van der Waals surface area contributed by atoms with Crippen molar-refractivity contribution in [2.45, 2.75) is 202 Å². The summed E-state index contributed by atoms with van der Waals surface area (Å²) in [6, 6.07) is -12.8. The lowest BCUT2D eigenvalue weighted by Gasteiger charge is -2.41. The molecule has 2 heterocycles. The van der Waals surface area contributed by atoms with Crippen molar-refractivity contribution in [1.82, 2.24) is 45.3 Å². The van der Waals surface area contributed by atoms with Gasteiger partial charge in [-0.3, -0.25) is 52.7 Å². The van der Waals surface area contributed by atoms with Gasteiger partial charge < -0.3 is 60.3 Å². The van der Waals surface area contributed by atoms with Crippen molar-refractivity contribution in [3.63, 3.8) is 0 Å². The topological polar surface area (TPSA) is 310 Å². The first-order valence-electron chi connectivity index (χ1n) is 27.8. The molecule has 79 heavy (non-hydrogen) atoms. The minimum atomic E-state index is -1.80. The summed E-state index contributed by atoms with van der Waals surface area (Å²) in [5.41, 5.74) is 0. The van der Waals surface area contributed by atoms with E-state index in [1.807, 2.05) is 0 Å². The van der Waals surface area contributed by atoms with Gasteiger partial charge in [-0.15, -0.1) is 0 Å². The summed E-state index contributed by atoms with van der Waals surface area (Å²) < 4.78 is 5.75. The van der Waals surface area contributed by atoms with E-state index in [1.54, 1.807) is 83.1 Å². The van der Waals surface area contributed by atoms with E-state index in [9.17, 15) is 67.7 Å². The lowest BCUT2D eigenvalue weighted by atomic mass is 9.92. The third-order valence-corrected chi connectivity index (χ3v) is 15.5. The second-order valence-corrected chi connectivity index (χ2v) is 23.1. The van der Waals surface area contributed by atoms with Crippen LogP contribution >= 0.6 is 0 Å². The Bertz CT molecular complexity index is 2220. The van der Waals surface area contributed by atoms with Gasteiger partial charge in [0.25, 0.3) is 5.91 Å². The van der Waals surface area contributed by atoms with E-state index in [0.29, 0.717) is 12.8 Å². The van der Waals surface area contributed by atoms with Crippen molar-refractivity contribution in [3.05, 3.63) is 0 Å². The van der Waals surface area contributed by atoms with Gasteiger partial charge in [-0.2, -0.15) is 0 Å². The maximum absolute atomic E-state index is 15.0. The summed E-state index contributed by atoms with van der Waals surface area (Å²) in [7, 11) is 6.43. The number of carbonyl (C=O) groups is 12. The van der Waals surface area contributed by atoms with E-state index in [1.165, 1.54) is 52.0 Å². The second kappa shape index (κ2) is 30.3. The van der Waals surface area contributed by atoms with Crippen molar-refractivity contribution in [2.75, 3.05) is 41.8 Å². The number of rotatable bonds is 13. The van der Waals surface area contributed by atoms with Gasteiger partial charge in [0.2, 0.25) is 47.3 Å². The number of hydrogen-bond donors (Lipinski definition) is 5. The molecule has 5 N–H and O–H groups in total. The molecule has 0 aromatic rings. The Balaban J connectivity index is 3.01. The number of nitrogens with one attached hydrogen (secondary N) is 3. The number of likely N-dealkylation sites (N-methyl/N-ethyl adjacent to an activating group) is 5. The van der Waals surface area contributed by atoms with Crippen LogP contribution in [0.5, 0.6) is 0 Å². The van der Waals surface area contributed by atoms with Gasteiger partial charge in [0.1, 0.15) is 54.4 Å². The van der Waals surface area contributed by atoms with Crippen molar-refractivity contribution in [1.29, 1.82) is 0 Å². The summed E-state index contributed by atoms with van der Waals surface area (Å²) in [4.78, 5) is 177. The lowest BCUT2D eigenvalue weighted by molar-refractivity contribution is -0.165. The molecule has 24 nitrogen and oxygen atoms in total. The fourth-order valence-corrected chi connectivity index (χ4v) is 10.6.